The van der Waals surface area contributed by atoms with Crippen LogP contribution in [0, 0.1) is 5.92 Å². The maximum atomic E-state index is 5.21. The minimum atomic E-state index is 0.782. The third-order valence-electron chi connectivity index (χ3n) is 2.95. The molecule has 0 aromatic carbocycles. The van der Waals surface area contributed by atoms with Crippen LogP contribution >= 0.6 is 11.8 Å². The van der Waals surface area contributed by atoms with E-state index in [4.69, 9.17) is 4.52 Å². The van der Waals surface area contributed by atoms with Crippen molar-refractivity contribution < 1.29 is 4.52 Å². The van der Waals surface area contributed by atoms with Crippen molar-refractivity contribution in [2.75, 3.05) is 19.3 Å². The van der Waals surface area contributed by atoms with Crippen molar-refractivity contribution in [3.63, 3.8) is 0 Å². The molecule has 1 unspecified atom stereocenters. The molecule has 90 valence electrons. The van der Waals surface area contributed by atoms with Gasteiger partial charge >= 0.3 is 0 Å². The van der Waals surface area contributed by atoms with Crippen LogP contribution in [0.25, 0.3) is 0 Å². The minimum Gasteiger partial charge on any atom is -0.339 e. The van der Waals surface area contributed by atoms with Crippen LogP contribution in [-0.4, -0.2) is 29.5 Å². The second-order valence-corrected chi connectivity index (χ2v) is 5.15. The molecule has 0 aliphatic carbocycles. The van der Waals surface area contributed by atoms with E-state index in [1.165, 1.54) is 19.4 Å². The summed E-state index contributed by atoms with van der Waals surface area (Å²) in [6.45, 7) is 2.32. The van der Waals surface area contributed by atoms with Crippen LogP contribution < -0.4 is 5.32 Å². The van der Waals surface area contributed by atoms with E-state index in [1.807, 2.05) is 6.26 Å². The van der Waals surface area contributed by atoms with E-state index in [-0.39, 0.29) is 0 Å². The first kappa shape index (κ1) is 11.9. The number of nitrogens with one attached hydrogen (secondary N) is 1. The molecule has 1 aliphatic heterocycles. The Kier molecular flexibility index (Phi) is 4.66. The Balaban J connectivity index is 1.75. The van der Waals surface area contributed by atoms with Gasteiger partial charge in [0.15, 0.2) is 5.82 Å². The van der Waals surface area contributed by atoms with Gasteiger partial charge in [-0.15, -0.1) is 0 Å². The predicted molar refractivity (Wildman–Crippen MR) is 65.4 cm³/mol. The topological polar surface area (TPSA) is 51.0 Å². The summed E-state index contributed by atoms with van der Waals surface area (Å²) in [6.07, 6.45) is 6.76. The van der Waals surface area contributed by atoms with Crippen LogP contribution in [0.3, 0.4) is 0 Å². The molecule has 0 spiro atoms. The van der Waals surface area contributed by atoms with Crippen molar-refractivity contribution in [1.82, 2.24) is 15.5 Å². The third-order valence-corrected chi connectivity index (χ3v) is 3.50. The molecule has 0 amide bonds. The summed E-state index contributed by atoms with van der Waals surface area (Å²) in [5.41, 5.74) is 0. The Bertz CT molecular complexity index is 310. The molecular weight excluding hydrogens is 222 g/mol. The number of rotatable bonds is 5. The van der Waals surface area contributed by atoms with Crippen LogP contribution in [0.1, 0.15) is 31.0 Å². The highest BCUT2D eigenvalue weighted by atomic mass is 32.2. The zero-order valence-corrected chi connectivity index (χ0v) is 10.6. The van der Waals surface area contributed by atoms with E-state index < -0.39 is 0 Å². The van der Waals surface area contributed by atoms with Gasteiger partial charge in [0.25, 0.3) is 0 Å². The predicted octanol–water partition coefficient (Wildman–Crippen LogP) is 1.86. The number of piperidine rings is 1. The normalized spacial score (nSPS) is 21.2. The average molecular weight is 241 g/mol. The lowest BCUT2D eigenvalue weighted by atomic mass is 9.95. The van der Waals surface area contributed by atoms with Gasteiger partial charge in [0.05, 0.1) is 5.75 Å². The van der Waals surface area contributed by atoms with E-state index in [0.717, 1.165) is 42.8 Å². The SMILES string of the molecule is CSCc1noc(CCC2CCCNC2)n1. The number of thioether (sulfide) groups is 1. The molecule has 1 fully saturated rings. The van der Waals surface area contributed by atoms with Crippen molar-refractivity contribution in [1.29, 1.82) is 0 Å². The monoisotopic (exact) mass is 241 g/mol. The summed E-state index contributed by atoms with van der Waals surface area (Å²) < 4.78 is 5.21. The van der Waals surface area contributed by atoms with Gasteiger partial charge in [0.1, 0.15) is 0 Å². The first-order valence-corrected chi connectivity index (χ1v) is 7.29. The summed E-state index contributed by atoms with van der Waals surface area (Å²) in [5.74, 6) is 3.25. The molecule has 1 atom stereocenters. The quantitative estimate of drug-likeness (QED) is 0.853. The van der Waals surface area contributed by atoms with E-state index in [1.54, 1.807) is 11.8 Å². The standard InChI is InChI=1S/C11H19N3OS/c1-16-8-10-13-11(15-14-10)5-4-9-3-2-6-12-7-9/h9,12H,2-8H2,1H3. The van der Waals surface area contributed by atoms with Gasteiger partial charge in [-0.25, -0.2) is 0 Å². The van der Waals surface area contributed by atoms with Crippen molar-refractivity contribution in [2.24, 2.45) is 5.92 Å². The Hall–Kier alpha value is -0.550. The molecular formula is C11H19N3OS. The zero-order valence-electron chi connectivity index (χ0n) is 9.74. The fraction of sp³-hybridized carbons (Fsp3) is 0.818. The molecule has 4 nitrogen and oxygen atoms in total. The highest BCUT2D eigenvalue weighted by molar-refractivity contribution is 7.97. The van der Waals surface area contributed by atoms with Gasteiger partial charge in [-0.3, -0.25) is 0 Å². The Labute approximate surface area is 101 Å². The number of hydrogen-bond donors (Lipinski definition) is 1. The molecule has 0 saturated carbocycles. The molecule has 2 heterocycles. The van der Waals surface area contributed by atoms with Crippen molar-refractivity contribution in [2.45, 2.75) is 31.4 Å². The number of hydrogen-bond acceptors (Lipinski definition) is 5. The van der Waals surface area contributed by atoms with Crippen molar-refractivity contribution >= 4 is 11.8 Å². The molecule has 5 heteroatoms. The van der Waals surface area contributed by atoms with Gasteiger partial charge in [-0.05, 0) is 44.5 Å². The maximum absolute atomic E-state index is 5.21. The fourth-order valence-electron chi connectivity index (χ4n) is 2.08. The largest absolute Gasteiger partial charge is 0.339 e. The van der Waals surface area contributed by atoms with Crippen molar-refractivity contribution in [3.05, 3.63) is 11.7 Å². The molecule has 1 aromatic rings. The Morgan fingerprint density at radius 1 is 1.56 bits per heavy atom. The van der Waals surface area contributed by atoms with Crippen LogP contribution in [0.2, 0.25) is 0 Å². The van der Waals surface area contributed by atoms with Crippen LogP contribution in [-0.2, 0) is 12.2 Å². The molecule has 1 aliphatic rings. The number of nitrogens with zero attached hydrogens (tertiary/aromatic N) is 2. The molecule has 1 saturated heterocycles. The second-order valence-electron chi connectivity index (χ2n) is 4.29. The lowest BCUT2D eigenvalue weighted by Crippen LogP contribution is -2.29. The second kappa shape index (κ2) is 6.25. The summed E-state index contributed by atoms with van der Waals surface area (Å²) in [5, 5.41) is 7.37. The average Bonchev–Trinajstić information content (AvgIpc) is 2.76. The van der Waals surface area contributed by atoms with Crippen LogP contribution in [0.15, 0.2) is 4.52 Å². The summed E-state index contributed by atoms with van der Waals surface area (Å²) in [7, 11) is 0. The highest BCUT2D eigenvalue weighted by Gasteiger charge is 2.14. The highest BCUT2D eigenvalue weighted by Crippen LogP contribution is 2.16. The minimum absolute atomic E-state index is 0.782. The van der Waals surface area contributed by atoms with E-state index >= 15 is 0 Å². The Morgan fingerprint density at radius 2 is 2.50 bits per heavy atom. The van der Waals surface area contributed by atoms with E-state index in [0.29, 0.717) is 0 Å². The Morgan fingerprint density at radius 3 is 3.25 bits per heavy atom. The lowest BCUT2D eigenvalue weighted by Gasteiger charge is -2.21. The first-order chi connectivity index (χ1) is 7.88. The zero-order chi connectivity index (χ0) is 11.2. The van der Waals surface area contributed by atoms with Gasteiger partial charge in [0.2, 0.25) is 5.89 Å². The lowest BCUT2D eigenvalue weighted by molar-refractivity contribution is 0.326. The number of aryl methyl sites for hydroxylation is 1. The van der Waals surface area contributed by atoms with Crippen LogP contribution in [0.4, 0.5) is 0 Å². The summed E-state index contributed by atoms with van der Waals surface area (Å²) in [6, 6.07) is 0. The van der Waals surface area contributed by atoms with Crippen LogP contribution in [0.5, 0.6) is 0 Å². The molecule has 1 N–H and O–H groups in total. The molecule has 1 aromatic heterocycles. The smallest absolute Gasteiger partial charge is 0.226 e. The summed E-state index contributed by atoms with van der Waals surface area (Å²) >= 11 is 1.72. The summed E-state index contributed by atoms with van der Waals surface area (Å²) in [4.78, 5) is 4.37. The molecule has 2 rings (SSSR count). The molecule has 16 heavy (non-hydrogen) atoms. The van der Waals surface area contributed by atoms with E-state index in [2.05, 4.69) is 15.5 Å². The van der Waals surface area contributed by atoms with Crippen molar-refractivity contribution in [3.8, 4) is 0 Å². The first-order valence-electron chi connectivity index (χ1n) is 5.89. The van der Waals surface area contributed by atoms with Gasteiger partial charge in [-0.1, -0.05) is 5.16 Å². The van der Waals surface area contributed by atoms with Gasteiger partial charge in [0, 0.05) is 6.42 Å². The maximum Gasteiger partial charge on any atom is 0.226 e. The number of aromatic nitrogens is 2. The van der Waals surface area contributed by atoms with Gasteiger partial charge < -0.3 is 9.84 Å². The third kappa shape index (κ3) is 3.49. The van der Waals surface area contributed by atoms with E-state index in [9.17, 15) is 0 Å². The molecule has 0 bridgehead atoms. The fourth-order valence-corrected chi connectivity index (χ4v) is 2.45. The van der Waals surface area contributed by atoms with Gasteiger partial charge in [-0.2, -0.15) is 16.7 Å². The molecule has 0 radical (unpaired) electrons.